The lowest BCUT2D eigenvalue weighted by molar-refractivity contribution is 0.601. The van der Waals surface area contributed by atoms with E-state index in [1.54, 1.807) is 24.3 Å². The Labute approximate surface area is 160 Å². The van der Waals surface area contributed by atoms with Crippen LogP contribution in [0.5, 0.6) is 0 Å². The zero-order chi connectivity index (χ0) is 18.6. The molecule has 0 heterocycles. The lowest BCUT2D eigenvalue weighted by Gasteiger charge is -2.12. The van der Waals surface area contributed by atoms with Gasteiger partial charge in [-0.3, -0.25) is 4.72 Å². The summed E-state index contributed by atoms with van der Waals surface area (Å²) in [6, 6.07) is 18.0. The molecule has 136 valence electrons. The van der Waals surface area contributed by atoms with Crippen LogP contribution in [-0.2, 0) is 16.4 Å². The highest BCUT2D eigenvalue weighted by Crippen LogP contribution is 2.31. The number of aryl methyl sites for hydroxylation is 1. The maximum absolute atomic E-state index is 12.8. The molecule has 3 aromatic rings. The first kappa shape index (κ1) is 18.7. The van der Waals surface area contributed by atoms with Crippen molar-refractivity contribution in [2.45, 2.75) is 37.5 Å². The van der Waals surface area contributed by atoms with Crippen LogP contribution in [0.2, 0.25) is 5.02 Å². The minimum atomic E-state index is -3.65. The van der Waals surface area contributed by atoms with Crippen LogP contribution in [0.15, 0.2) is 65.6 Å². The van der Waals surface area contributed by atoms with Gasteiger partial charge in [0.25, 0.3) is 10.0 Å². The molecular weight excluding hydrogens is 366 g/mol. The largest absolute Gasteiger partial charge is 0.279 e. The minimum Gasteiger partial charge on any atom is -0.279 e. The van der Waals surface area contributed by atoms with Gasteiger partial charge in [-0.2, -0.15) is 0 Å². The van der Waals surface area contributed by atoms with Gasteiger partial charge in [0.05, 0.1) is 10.6 Å². The average molecular weight is 388 g/mol. The molecule has 0 aromatic heterocycles. The smallest absolute Gasteiger partial charge is 0.261 e. The summed E-state index contributed by atoms with van der Waals surface area (Å²) < 4.78 is 28.2. The molecule has 0 saturated carbocycles. The quantitative estimate of drug-likeness (QED) is 0.503. The van der Waals surface area contributed by atoms with Gasteiger partial charge in [0, 0.05) is 15.8 Å². The van der Waals surface area contributed by atoms with Gasteiger partial charge in [-0.25, -0.2) is 8.42 Å². The number of benzene rings is 3. The van der Waals surface area contributed by atoms with E-state index >= 15 is 0 Å². The van der Waals surface area contributed by atoms with E-state index in [2.05, 4.69) is 11.6 Å². The Bertz CT molecular complexity index is 998. The molecule has 0 saturated heterocycles. The third-order valence-electron chi connectivity index (χ3n) is 4.42. The Hall–Kier alpha value is -2.04. The normalized spacial score (nSPS) is 11.6. The fraction of sp³-hybridized carbons (Fsp3) is 0.238. The molecule has 0 aliphatic carbocycles. The van der Waals surface area contributed by atoms with Crippen LogP contribution in [0.1, 0.15) is 31.7 Å². The van der Waals surface area contributed by atoms with Gasteiger partial charge in [0.1, 0.15) is 0 Å². The molecule has 5 heteroatoms. The van der Waals surface area contributed by atoms with Crippen molar-refractivity contribution < 1.29 is 8.42 Å². The maximum atomic E-state index is 12.8. The summed E-state index contributed by atoms with van der Waals surface area (Å²) in [5, 5.41) is 2.19. The molecule has 0 spiro atoms. The molecule has 0 amide bonds. The van der Waals surface area contributed by atoms with Crippen molar-refractivity contribution in [1.82, 2.24) is 0 Å². The van der Waals surface area contributed by atoms with E-state index in [4.69, 9.17) is 11.6 Å². The zero-order valence-corrected chi connectivity index (χ0v) is 16.3. The highest BCUT2D eigenvalue weighted by Gasteiger charge is 2.16. The lowest BCUT2D eigenvalue weighted by atomic mass is 10.1. The van der Waals surface area contributed by atoms with Crippen molar-refractivity contribution in [2.75, 3.05) is 4.72 Å². The van der Waals surface area contributed by atoms with Crippen LogP contribution >= 0.6 is 11.6 Å². The summed E-state index contributed by atoms with van der Waals surface area (Å²) in [6.45, 7) is 2.17. The summed E-state index contributed by atoms with van der Waals surface area (Å²) >= 11 is 6.21. The predicted molar refractivity (Wildman–Crippen MR) is 109 cm³/mol. The first-order valence-electron chi connectivity index (χ1n) is 8.80. The molecule has 26 heavy (non-hydrogen) atoms. The van der Waals surface area contributed by atoms with E-state index in [1.807, 2.05) is 36.4 Å². The number of anilines is 1. The number of sulfonamides is 1. The van der Waals surface area contributed by atoms with Crippen molar-refractivity contribution in [3.05, 3.63) is 71.2 Å². The van der Waals surface area contributed by atoms with Gasteiger partial charge in [-0.1, -0.05) is 67.8 Å². The van der Waals surface area contributed by atoms with E-state index < -0.39 is 10.0 Å². The molecule has 3 nitrogen and oxygen atoms in total. The standard InChI is InChI=1S/C21H22ClNO2S/c1-2-3-4-7-16-10-12-17(13-11-16)26(24,25)23-21-15-14-20(22)18-8-5-6-9-19(18)21/h5-6,8-15,23H,2-4,7H2,1H3. The lowest BCUT2D eigenvalue weighted by Crippen LogP contribution is -2.13. The molecule has 3 rings (SSSR count). The van der Waals surface area contributed by atoms with E-state index in [0.717, 1.165) is 29.2 Å². The van der Waals surface area contributed by atoms with E-state index in [-0.39, 0.29) is 4.90 Å². The number of halogens is 1. The molecule has 0 radical (unpaired) electrons. The topological polar surface area (TPSA) is 46.2 Å². The third kappa shape index (κ3) is 4.19. The molecule has 3 aromatic carbocycles. The second kappa shape index (κ2) is 8.11. The van der Waals surface area contributed by atoms with Crippen LogP contribution in [0.25, 0.3) is 10.8 Å². The number of hydrogen-bond donors (Lipinski definition) is 1. The molecule has 0 unspecified atom stereocenters. The summed E-state index contributed by atoms with van der Waals surface area (Å²) in [5.74, 6) is 0. The summed E-state index contributed by atoms with van der Waals surface area (Å²) in [4.78, 5) is 0.260. The van der Waals surface area contributed by atoms with Gasteiger partial charge in [0.2, 0.25) is 0 Å². The Morgan fingerprint density at radius 2 is 1.58 bits per heavy atom. The number of rotatable bonds is 7. The zero-order valence-electron chi connectivity index (χ0n) is 14.7. The van der Waals surface area contributed by atoms with Crippen molar-refractivity contribution in [1.29, 1.82) is 0 Å². The average Bonchev–Trinajstić information content (AvgIpc) is 2.65. The molecule has 0 aliphatic rings. The Morgan fingerprint density at radius 3 is 2.27 bits per heavy atom. The molecule has 1 N–H and O–H groups in total. The van der Waals surface area contributed by atoms with Gasteiger partial charge < -0.3 is 0 Å². The first-order chi connectivity index (χ1) is 12.5. The van der Waals surface area contributed by atoms with Gasteiger partial charge in [-0.15, -0.1) is 0 Å². The number of unbranched alkanes of at least 4 members (excludes halogenated alkanes) is 2. The number of nitrogens with one attached hydrogen (secondary N) is 1. The summed E-state index contributed by atoms with van der Waals surface area (Å²) in [7, 11) is -3.65. The van der Waals surface area contributed by atoms with Gasteiger partial charge in [-0.05, 0) is 42.7 Å². The van der Waals surface area contributed by atoms with Crippen molar-refractivity contribution in [3.63, 3.8) is 0 Å². The minimum absolute atomic E-state index is 0.260. The molecule has 0 atom stereocenters. The van der Waals surface area contributed by atoms with Gasteiger partial charge >= 0.3 is 0 Å². The third-order valence-corrected chi connectivity index (χ3v) is 6.13. The number of hydrogen-bond acceptors (Lipinski definition) is 2. The second-order valence-corrected chi connectivity index (χ2v) is 8.44. The first-order valence-corrected chi connectivity index (χ1v) is 10.7. The fourth-order valence-corrected chi connectivity index (χ4v) is 4.28. The Morgan fingerprint density at radius 1 is 0.885 bits per heavy atom. The SMILES string of the molecule is CCCCCc1ccc(S(=O)(=O)Nc2ccc(Cl)c3ccccc23)cc1. The van der Waals surface area contributed by atoms with E-state index in [0.29, 0.717) is 10.7 Å². The number of fused-ring (bicyclic) bond motifs is 1. The van der Waals surface area contributed by atoms with Crippen LogP contribution in [0, 0.1) is 0 Å². The summed E-state index contributed by atoms with van der Waals surface area (Å²) in [5.41, 5.74) is 1.69. The van der Waals surface area contributed by atoms with Crippen molar-refractivity contribution >= 4 is 38.1 Å². The van der Waals surface area contributed by atoms with Crippen molar-refractivity contribution in [2.24, 2.45) is 0 Å². The summed E-state index contributed by atoms with van der Waals surface area (Å²) in [6.07, 6.45) is 4.46. The van der Waals surface area contributed by atoms with E-state index in [9.17, 15) is 8.42 Å². The van der Waals surface area contributed by atoms with Crippen LogP contribution in [0.3, 0.4) is 0 Å². The van der Waals surface area contributed by atoms with Gasteiger partial charge in [0.15, 0.2) is 0 Å². The predicted octanol–water partition coefficient (Wildman–Crippen LogP) is 6.03. The highest BCUT2D eigenvalue weighted by molar-refractivity contribution is 7.92. The van der Waals surface area contributed by atoms with Crippen LogP contribution in [0.4, 0.5) is 5.69 Å². The molecule has 0 fully saturated rings. The Balaban J connectivity index is 1.84. The monoisotopic (exact) mass is 387 g/mol. The second-order valence-electron chi connectivity index (χ2n) is 6.35. The van der Waals surface area contributed by atoms with Crippen molar-refractivity contribution in [3.8, 4) is 0 Å². The maximum Gasteiger partial charge on any atom is 0.261 e. The molecule has 0 bridgehead atoms. The molecule has 0 aliphatic heterocycles. The molecular formula is C21H22ClNO2S. The highest BCUT2D eigenvalue weighted by atomic mass is 35.5. The Kier molecular flexibility index (Phi) is 5.84. The fourth-order valence-electron chi connectivity index (χ4n) is 2.97. The van der Waals surface area contributed by atoms with E-state index in [1.165, 1.54) is 12.8 Å². The van der Waals surface area contributed by atoms with Crippen LogP contribution < -0.4 is 4.72 Å². The van der Waals surface area contributed by atoms with Crippen LogP contribution in [-0.4, -0.2) is 8.42 Å².